The van der Waals surface area contributed by atoms with E-state index >= 15 is 0 Å². The van der Waals surface area contributed by atoms with E-state index in [0.29, 0.717) is 11.4 Å². The van der Waals surface area contributed by atoms with E-state index in [-0.39, 0.29) is 35.5 Å². The normalized spacial score (nSPS) is 29.4. The lowest BCUT2D eigenvalue weighted by Crippen LogP contribution is -2.33. The number of carbonyl (C=O) groups excluding carboxylic acids is 3. The lowest BCUT2D eigenvalue weighted by atomic mass is 9.85. The van der Waals surface area contributed by atoms with E-state index in [4.69, 9.17) is 4.74 Å². The van der Waals surface area contributed by atoms with Crippen molar-refractivity contribution in [1.29, 1.82) is 0 Å². The zero-order valence-corrected chi connectivity index (χ0v) is 14.4. The average Bonchev–Trinajstić information content (AvgIpc) is 3.17. The second-order valence-corrected chi connectivity index (χ2v) is 7.05. The summed E-state index contributed by atoms with van der Waals surface area (Å²) in [4.78, 5) is 38.5. The van der Waals surface area contributed by atoms with Crippen molar-refractivity contribution in [3.05, 3.63) is 47.6 Å². The highest BCUT2D eigenvalue weighted by Crippen LogP contribution is 2.57. The van der Waals surface area contributed by atoms with Crippen LogP contribution in [-0.4, -0.2) is 17.8 Å². The van der Waals surface area contributed by atoms with E-state index in [1.807, 2.05) is 13.8 Å². The molecule has 1 aliphatic heterocycles. The fraction of sp³-hybridized carbons (Fsp3) is 0.350. The Hall–Kier alpha value is -2.69. The Morgan fingerprint density at radius 3 is 2.12 bits per heavy atom. The monoisotopic (exact) mass is 337 g/mol. The van der Waals surface area contributed by atoms with Crippen molar-refractivity contribution in [2.24, 2.45) is 23.7 Å². The largest absolute Gasteiger partial charge is 0.427 e. The molecule has 0 N–H and O–H groups in total. The molecule has 5 heteroatoms. The first-order chi connectivity index (χ1) is 11.9. The second kappa shape index (κ2) is 5.41. The molecule has 2 aliphatic carbocycles. The lowest BCUT2D eigenvalue weighted by Gasteiger charge is -2.19. The van der Waals surface area contributed by atoms with Gasteiger partial charge in [0.25, 0.3) is 0 Å². The highest BCUT2D eigenvalue weighted by molar-refractivity contribution is 6.23. The van der Waals surface area contributed by atoms with Crippen LogP contribution in [0.5, 0.6) is 5.75 Å². The van der Waals surface area contributed by atoms with E-state index in [1.54, 1.807) is 24.3 Å². The van der Waals surface area contributed by atoms with Gasteiger partial charge in [-0.25, -0.2) is 4.90 Å². The predicted molar refractivity (Wildman–Crippen MR) is 91.7 cm³/mol. The van der Waals surface area contributed by atoms with E-state index in [0.717, 1.165) is 0 Å². The Labute approximate surface area is 146 Å². The first kappa shape index (κ1) is 15.8. The summed E-state index contributed by atoms with van der Waals surface area (Å²) in [7, 11) is 0. The lowest BCUT2D eigenvalue weighted by molar-refractivity contribution is -0.132. The molecule has 1 heterocycles. The SMILES string of the molecule is CC(=O)Oc1cccc(N2C(=O)[C@H]3[C@H](C2=O)[C@H]2C=C[C@@H]3C2=C(C)C)c1. The fourth-order valence-corrected chi connectivity index (χ4v) is 4.54. The topological polar surface area (TPSA) is 63.7 Å². The van der Waals surface area contributed by atoms with Gasteiger partial charge in [0.15, 0.2) is 0 Å². The maximum atomic E-state index is 13.0. The highest BCUT2D eigenvalue weighted by Gasteiger charge is 2.61. The minimum atomic E-state index is -0.441. The average molecular weight is 337 g/mol. The van der Waals surface area contributed by atoms with Gasteiger partial charge in [-0.2, -0.15) is 0 Å². The summed E-state index contributed by atoms with van der Waals surface area (Å²) in [6.07, 6.45) is 4.14. The summed E-state index contributed by atoms with van der Waals surface area (Å²) < 4.78 is 5.07. The molecule has 1 saturated carbocycles. The van der Waals surface area contributed by atoms with Crippen LogP contribution in [0.3, 0.4) is 0 Å². The molecule has 1 saturated heterocycles. The first-order valence-corrected chi connectivity index (χ1v) is 8.42. The molecule has 25 heavy (non-hydrogen) atoms. The quantitative estimate of drug-likeness (QED) is 0.360. The standard InChI is InChI=1S/C20H19NO4/c1-10(2)16-14-7-8-15(16)18-17(14)19(23)21(20(18)24)12-5-4-6-13(9-12)25-11(3)22/h4-9,14-15,17-18H,1-3H3/t14-,15+,17-,18-/m1/s1. The van der Waals surface area contributed by atoms with Crippen LogP contribution in [0, 0.1) is 23.7 Å². The molecule has 128 valence electrons. The highest BCUT2D eigenvalue weighted by atomic mass is 16.5. The Kier molecular flexibility index (Phi) is 3.42. The Morgan fingerprint density at radius 1 is 1.00 bits per heavy atom. The molecular formula is C20H19NO4. The van der Waals surface area contributed by atoms with Gasteiger partial charge in [-0.05, 0) is 26.0 Å². The van der Waals surface area contributed by atoms with E-state index in [2.05, 4.69) is 12.2 Å². The second-order valence-electron chi connectivity index (χ2n) is 7.05. The van der Waals surface area contributed by atoms with Gasteiger partial charge in [0.2, 0.25) is 11.8 Å². The molecule has 0 radical (unpaired) electrons. The summed E-state index contributed by atoms with van der Waals surface area (Å²) in [6.45, 7) is 5.39. The van der Waals surface area contributed by atoms with Crippen molar-refractivity contribution >= 4 is 23.5 Å². The number of hydrogen-bond acceptors (Lipinski definition) is 4. The predicted octanol–water partition coefficient (Wildman–Crippen LogP) is 2.87. The molecule has 2 fully saturated rings. The van der Waals surface area contributed by atoms with Crippen LogP contribution in [0.25, 0.3) is 0 Å². The third-order valence-corrected chi connectivity index (χ3v) is 5.33. The van der Waals surface area contributed by atoms with Crippen LogP contribution >= 0.6 is 0 Å². The van der Waals surface area contributed by atoms with Crippen molar-refractivity contribution in [2.45, 2.75) is 20.8 Å². The summed E-state index contributed by atoms with van der Waals surface area (Å²) in [6, 6.07) is 6.57. The molecule has 2 amide bonds. The van der Waals surface area contributed by atoms with E-state index < -0.39 is 5.97 Å². The van der Waals surface area contributed by atoms with Crippen LogP contribution in [0.2, 0.25) is 0 Å². The number of rotatable bonds is 2. The number of esters is 1. The molecule has 3 aliphatic rings. The number of carbonyl (C=O) groups is 3. The maximum Gasteiger partial charge on any atom is 0.308 e. The van der Waals surface area contributed by atoms with E-state index in [1.165, 1.54) is 23.0 Å². The van der Waals surface area contributed by atoms with Gasteiger partial charge in [0.05, 0.1) is 17.5 Å². The van der Waals surface area contributed by atoms with Crippen molar-refractivity contribution in [3.8, 4) is 5.75 Å². The Bertz CT molecular complexity index is 828. The molecule has 0 spiro atoms. The third-order valence-electron chi connectivity index (χ3n) is 5.33. The van der Waals surface area contributed by atoms with Gasteiger partial charge in [-0.3, -0.25) is 14.4 Å². The van der Waals surface area contributed by atoms with Gasteiger partial charge >= 0.3 is 5.97 Å². The van der Waals surface area contributed by atoms with Gasteiger partial charge in [-0.15, -0.1) is 0 Å². The first-order valence-electron chi connectivity index (χ1n) is 8.42. The summed E-state index contributed by atoms with van der Waals surface area (Å²) in [5.41, 5.74) is 2.88. The van der Waals surface area contributed by atoms with Gasteiger partial charge in [-0.1, -0.05) is 29.4 Å². The third kappa shape index (κ3) is 2.18. The number of benzene rings is 1. The van der Waals surface area contributed by atoms with Crippen LogP contribution in [0.1, 0.15) is 20.8 Å². The van der Waals surface area contributed by atoms with Crippen molar-refractivity contribution in [2.75, 3.05) is 4.90 Å². The number of allylic oxidation sites excluding steroid dienone is 4. The molecule has 1 aromatic rings. The van der Waals surface area contributed by atoms with Gasteiger partial charge in [0, 0.05) is 24.8 Å². The number of ether oxygens (including phenoxy) is 1. The molecule has 0 aromatic heterocycles. The van der Waals surface area contributed by atoms with Crippen molar-refractivity contribution in [3.63, 3.8) is 0 Å². The molecular weight excluding hydrogens is 318 g/mol. The number of amides is 2. The molecule has 1 aromatic carbocycles. The van der Waals surface area contributed by atoms with Gasteiger partial charge in [0.1, 0.15) is 5.75 Å². The molecule has 4 atom stereocenters. The molecule has 0 unspecified atom stereocenters. The summed E-state index contributed by atoms with van der Waals surface area (Å²) in [5.74, 6) is -1.01. The van der Waals surface area contributed by atoms with Gasteiger partial charge < -0.3 is 4.74 Å². The number of anilines is 1. The number of nitrogens with zero attached hydrogens (tertiary/aromatic N) is 1. The smallest absolute Gasteiger partial charge is 0.308 e. The van der Waals surface area contributed by atoms with E-state index in [9.17, 15) is 14.4 Å². The molecule has 2 bridgehead atoms. The number of hydrogen-bond donors (Lipinski definition) is 0. The minimum Gasteiger partial charge on any atom is -0.427 e. The zero-order chi connectivity index (χ0) is 17.9. The van der Waals surface area contributed by atoms with Crippen molar-refractivity contribution < 1.29 is 19.1 Å². The molecule has 5 nitrogen and oxygen atoms in total. The Balaban J connectivity index is 1.70. The Morgan fingerprint density at radius 2 is 1.60 bits per heavy atom. The minimum absolute atomic E-state index is 0.0260. The van der Waals surface area contributed by atoms with Crippen LogP contribution < -0.4 is 9.64 Å². The fourth-order valence-electron chi connectivity index (χ4n) is 4.54. The van der Waals surface area contributed by atoms with Crippen LogP contribution in [0.15, 0.2) is 47.6 Å². The summed E-state index contributed by atoms with van der Waals surface area (Å²) >= 11 is 0. The zero-order valence-electron chi connectivity index (χ0n) is 14.4. The number of imide groups is 1. The number of fused-ring (bicyclic) bond motifs is 5. The molecule has 4 rings (SSSR count). The van der Waals surface area contributed by atoms with Crippen LogP contribution in [-0.2, 0) is 14.4 Å². The van der Waals surface area contributed by atoms with Crippen molar-refractivity contribution in [1.82, 2.24) is 0 Å². The maximum absolute atomic E-state index is 13.0. The summed E-state index contributed by atoms with van der Waals surface area (Å²) in [5, 5.41) is 0. The van der Waals surface area contributed by atoms with Crippen LogP contribution in [0.4, 0.5) is 5.69 Å².